The summed E-state index contributed by atoms with van der Waals surface area (Å²) in [5, 5.41) is 6.07. The van der Waals surface area contributed by atoms with Gasteiger partial charge in [-0.25, -0.2) is 13.6 Å². The average Bonchev–Trinajstić information content (AvgIpc) is 2.82. The van der Waals surface area contributed by atoms with Crippen molar-refractivity contribution in [2.75, 3.05) is 31.2 Å². The smallest absolute Gasteiger partial charge is 0.247 e. The molecule has 2 N–H and O–H groups in total. The van der Waals surface area contributed by atoms with E-state index in [9.17, 15) is 8.42 Å². The summed E-state index contributed by atoms with van der Waals surface area (Å²) in [5.74, 6) is 0. The van der Waals surface area contributed by atoms with E-state index in [1.807, 2.05) is 18.2 Å². The number of anilines is 1. The van der Waals surface area contributed by atoms with Crippen molar-refractivity contribution in [3.05, 3.63) is 24.3 Å². The third-order valence-electron chi connectivity index (χ3n) is 3.13. The van der Waals surface area contributed by atoms with Gasteiger partial charge in [0.15, 0.2) is 0 Å². The number of morpholine rings is 1. The van der Waals surface area contributed by atoms with E-state index < -0.39 is 10.0 Å². The Morgan fingerprint density at radius 2 is 1.95 bits per heavy atom. The first-order valence-electron chi connectivity index (χ1n) is 5.93. The highest BCUT2D eigenvalue weighted by molar-refractivity contribution is 7.91. The second-order valence-electron chi connectivity index (χ2n) is 4.43. The minimum Gasteiger partial charge on any atom is -0.378 e. The van der Waals surface area contributed by atoms with Crippen LogP contribution in [-0.2, 0) is 14.8 Å². The number of thiophene rings is 1. The van der Waals surface area contributed by atoms with Crippen LogP contribution < -0.4 is 10.0 Å². The molecule has 0 spiro atoms. The van der Waals surface area contributed by atoms with E-state index in [1.165, 1.54) is 11.3 Å². The van der Waals surface area contributed by atoms with E-state index in [2.05, 4.69) is 4.90 Å². The first-order valence-corrected chi connectivity index (χ1v) is 8.29. The van der Waals surface area contributed by atoms with Crippen LogP contribution in [-0.4, -0.2) is 34.7 Å². The molecule has 0 atom stereocenters. The van der Waals surface area contributed by atoms with Crippen molar-refractivity contribution < 1.29 is 13.2 Å². The van der Waals surface area contributed by atoms with E-state index >= 15 is 0 Å². The molecule has 1 aliphatic rings. The Morgan fingerprint density at radius 1 is 1.21 bits per heavy atom. The number of hydrogen-bond donors (Lipinski definition) is 1. The molecule has 0 unspecified atom stereocenters. The van der Waals surface area contributed by atoms with Crippen LogP contribution in [0.3, 0.4) is 0 Å². The Balaban J connectivity index is 2.00. The molecule has 7 heteroatoms. The van der Waals surface area contributed by atoms with Crippen molar-refractivity contribution in [3.63, 3.8) is 0 Å². The molecule has 2 heterocycles. The molecule has 1 saturated heterocycles. The molecule has 3 rings (SSSR count). The van der Waals surface area contributed by atoms with Gasteiger partial charge in [0, 0.05) is 23.5 Å². The molecular formula is C12H14N2O3S2. The average molecular weight is 298 g/mol. The number of ether oxygens (including phenoxy) is 1. The second kappa shape index (κ2) is 4.75. The molecule has 0 saturated carbocycles. The number of hydrogen-bond acceptors (Lipinski definition) is 5. The van der Waals surface area contributed by atoms with E-state index in [0.717, 1.165) is 42.1 Å². The minimum atomic E-state index is -3.62. The van der Waals surface area contributed by atoms with E-state index in [4.69, 9.17) is 9.88 Å². The number of benzene rings is 1. The summed E-state index contributed by atoms with van der Waals surface area (Å²) in [6, 6.07) is 7.60. The van der Waals surface area contributed by atoms with Gasteiger partial charge in [-0.1, -0.05) is 0 Å². The van der Waals surface area contributed by atoms with Gasteiger partial charge < -0.3 is 9.64 Å². The van der Waals surface area contributed by atoms with Crippen LogP contribution in [0.5, 0.6) is 0 Å². The molecule has 2 aromatic rings. The van der Waals surface area contributed by atoms with Crippen LogP contribution in [0.2, 0.25) is 0 Å². The van der Waals surface area contributed by atoms with Crippen LogP contribution in [0, 0.1) is 0 Å². The number of sulfonamides is 1. The summed E-state index contributed by atoms with van der Waals surface area (Å²) in [6.07, 6.45) is 0. The number of fused-ring (bicyclic) bond motifs is 1. The standard InChI is InChI=1S/C12H14N2O3S2/c13-19(15,16)12-8-9-7-10(1-2-11(9)18-12)14-3-5-17-6-4-14/h1-2,7-8H,3-6H2,(H2,13,15,16). The number of nitrogens with zero attached hydrogens (tertiary/aromatic N) is 1. The topological polar surface area (TPSA) is 72.6 Å². The second-order valence-corrected chi connectivity index (χ2v) is 7.30. The van der Waals surface area contributed by atoms with Crippen LogP contribution in [0.15, 0.2) is 28.5 Å². The van der Waals surface area contributed by atoms with Gasteiger partial charge in [-0.15, -0.1) is 11.3 Å². The first-order chi connectivity index (χ1) is 9.04. The van der Waals surface area contributed by atoms with Crippen LogP contribution >= 0.6 is 11.3 Å². The fourth-order valence-electron chi connectivity index (χ4n) is 2.16. The van der Waals surface area contributed by atoms with E-state index in [-0.39, 0.29) is 4.21 Å². The fourth-order valence-corrected chi connectivity index (χ4v) is 3.96. The molecule has 0 amide bonds. The number of nitrogens with two attached hydrogens (primary N) is 1. The summed E-state index contributed by atoms with van der Waals surface area (Å²) in [5.41, 5.74) is 1.09. The van der Waals surface area contributed by atoms with Crippen molar-refractivity contribution in [1.29, 1.82) is 0 Å². The lowest BCUT2D eigenvalue weighted by Gasteiger charge is -2.28. The van der Waals surface area contributed by atoms with Crippen LogP contribution in [0.25, 0.3) is 10.1 Å². The molecule has 1 aromatic carbocycles. The van der Waals surface area contributed by atoms with Gasteiger partial charge in [-0.2, -0.15) is 0 Å². The first kappa shape index (κ1) is 12.9. The lowest BCUT2D eigenvalue weighted by molar-refractivity contribution is 0.122. The molecular weight excluding hydrogens is 284 g/mol. The molecule has 5 nitrogen and oxygen atoms in total. The highest BCUT2D eigenvalue weighted by Crippen LogP contribution is 2.31. The zero-order valence-corrected chi connectivity index (χ0v) is 11.8. The predicted molar refractivity (Wildman–Crippen MR) is 76.2 cm³/mol. The van der Waals surface area contributed by atoms with Gasteiger partial charge in [-0.3, -0.25) is 0 Å². The van der Waals surface area contributed by atoms with Crippen LogP contribution in [0.1, 0.15) is 0 Å². The quantitative estimate of drug-likeness (QED) is 0.909. The van der Waals surface area contributed by atoms with Gasteiger partial charge in [0.05, 0.1) is 13.2 Å². The van der Waals surface area contributed by atoms with Crippen molar-refractivity contribution in [3.8, 4) is 0 Å². The molecule has 0 aliphatic carbocycles. The lowest BCUT2D eigenvalue weighted by Crippen LogP contribution is -2.36. The lowest BCUT2D eigenvalue weighted by atomic mass is 10.2. The predicted octanol–water partition coefficient (Wildman–Crippen LogP) is 1.39. The molecule has 0 bridgehead atoms. The largest absolute Gasteiger partial charge is 0.378 e. The minimum absolute atomic E-state index is 0.210. The third kappa shape index (κ3) is 2.59. The fraction of sp³-hybridized carbons (Fsp3) is 0.333. The van der Waals surface area contributed by atoms with Gasteiger partial charge in [0.1, 0.15) is 4.21 Å². The summed E-state index contributed by atoms with van der Waals surface area (Å²) in [6.45, 7) is 3.17. The highest BCUT2D eigenvalue weighted by Gasteiger charge is 2.15. The van der Waals surface area contributed by atoms with Crippen LogP contribution in [0.4, 0.5) is 5.69 Å². The van der Waals surface area contributed by atoms with Crippen molar-refractivity contribution >= 4 is 37.1 Å². The van der Waals surface area contributed by atoms with Gasteiger partial charge in [0.2, 0.25) is 10.0 Å². The van der Waals surface area contributed by atoms with Crippen molar-refractivity contribution in [2.45, 2.75) is 4.21 Å². The Bertz CT molecular complexity index is 703. The van der Waals surface area contributed by atoms with E-state index in [1.54, 1.807) is 6.07 Å². The molecule has 19 heavy (non-hydrogen) atoms. The Morgan fingerprint density at radius 3 is 2.63 bits per heavy atom. The summed E-state index contributed by atoms with van der Waals surface area (Å²) >= 11 is 1.20. The number of primary sulfonamides is 1. The summed E-state index contributed by atoms with van der Waals surface area (Å²) in [4.78, 5) is 2.23. The Kier molecular flexibility index (Phi) is 3.22. The molecule has 0 radical (unpaired) electrons. The molecule has 102 valence electrons. The molecule has 1 aromatic heterocycles. The van der Waals surface area contributed by atoms with Crippen molar-refractivity contribution in [1.82, 2.24) is 0 Å². The Hall–Kier alpha value is -1.15. The molecule has 1 aliphatic heterocycles. The SMILES string of the molecule is NS(=O)(=O)c1cc2cc(N3CCOCC3)ccc2s1. The van der Waals surface area contributed by atoms with Gasteiger partial charge >= 0.3 is 0 Å². The normalized spacial score (nSPS) is 17.0. The monoisotopic (exact) mass is 298 g/mol. The third-order valence-corrected chi connectivity index (χ3v) is 5.67. The maximum atomic E-state index is 11.4. The summed E-state index contributed by atoms with van der Waals surface area (Å²) < 4.78 is 29.2. The van der Waals surface area contributed by atoms with Gasteiger partial charge in [0.25, 0.3) is 0 Å². The maximum absolute atomic E-state index is 11.4. The Labute approximate surface area is 115 Å². The zero-order chi connectivity index (χ0) is 13.5. The molecule has 1 fully saturated rings. The van der Waals surface area contributed by atoms with Crippen molar-refractivity contribution in [2.24, 2.45) is 5.14 Å². The summed E-state index contributed by atoms with van der Waals surface area (Å²) in [7, 11) is -3.62. The zero-order valence-electron chi connectivity index (χ0n) is 10.2. The maximum Gasteiger partial charge on any atom is 0.247 e. The van der Waals surface area contributed by atoms with E-state index in [0.29, 0.717) is 0 Å². The highest BCUT2D eigenvalue weighted by atomic mass is 32.2. The number of rotatable bonds is 2. The van der Waals surface area contributed by atoms with Gasteiger partial charge in [-0.05, 0) is 29.7 Å².